The first-order valence-corrected chi connectivity index (χ1v) is 6.57. The summed E-state index contributed by atoms with van der Waals surface area (Å²) < 4.78 is 1.74. The molecule has 112 valence electrons. The molecule has 0 radical (unpaired) electrons. The summed E-state index contributed by atoms with van der Waals surface area (Å²) in [6, 6.07) is 6.40. The Balaban J connectivity index is 2.59. The Morgan fingerprint density at radius 1 is 1.33 bits per heavy atom. The monoisotopic (exact) mass is 289 g/mol. The summed E-state index contributed by atoms with van der Waals surface area (Å²) in [4.78, 5) is 11.6. The molecule has 0 amide bonds. The molecule has 0 saturated heterocycles. The Labute approximate surface area is 122 Å². The van der Waals surface area contributed by atoms with Gasteiger partial charge in [-0.05, 0) is 29.7 Å². The summed E-state index contributed by atoms with van der Waals surface area (Å²) in [6.07, 6.45) is 1.75. The highest BCUT2D eigenvalue weighted by Crippen LogP contribution is 2.34. The lowest BCUT2D eigenvalue weighted by Gasteiger charge is -2.29. The number of nitrogens with two attached hydrogens (primary N) is 1. The van der Waals surface area contributed by atoms with Crippen molar-refractivity contribution >= 4 is 22.7 Å². The number of nitrogens with zero attached hydrogens (tertiary/aromatic N) is 2. The van der Waals surface area contributed by atoms with Gasteiger partial charge in [0, 0.05) is 22.7 Å². The van der Waals surface area contributed by atoms with E-state index in [1.165, 1.54) is 0 Å². The molecule has 6 heteroatoms. The lowest BCUT2D eigenvalue weighted by Crippen LogP contribution is -2.31. The van der Waals surface area contributed by atoms with Crippen LogP contribution in [-0.2, 0) is 4.79 Å². The molecule has 0 spiro atoms. The van der Waals surface area contributed by atoms with Gasteiger partial charge in [-0.2, -0.15) is 0 Å². The van der Waals surface area contributed by atoms with Crippen LogP contribution in [0.4, 0.5) is 0 Å². The van der Waals surface area contributed by atoms with Gasteiger partial charge in [-0.15, -0.1) is 0 Å². The molecule has 1 aromatic heterocycles. The molecule has 21 heavy (non-hydrogen) atoms. The van der Waals surface area contributed by atoms with E-state index >= 15 is 0 Å². The summed E-state index contributed by atoms with van der Waals surface area (Å²) in [7, 11) is 0. The number of aliphatic carboxylic acids is 1. The smallest absolute Gasteiger partial charge is 0.327 e. The molecular weight excluding hydrogens is 270 g/mol. The minimum atomic E-state index is -0.875. The van der Waals surface area contributed by atoms with E-state index in [4.69, 9.17) is 10.9 Å². The highest BCUT2D eigenvalue weighted by atomic mass is 16.4. The lowest BCUT2D eigenvalue weighted by atomic mass is 9.86. The van der Waals surface area contributed by atoms with Crippen LogP contribution in [0.15, 0.2) is 35.6 Å². The van der Waals surface area contributed by atoms with Crippen molar-refractivity contribution in [2.24, 2.45) is 16.3 Å². The summed E-state index contributed by atoms with van der Waals surface area (Å²) in [5, 5.41) is 22.1. The number of carboxylic acids is 1. The van der Waals surface area contributed by atoms with Crippen LogP contribution in [0.2, 0.25) is 0 Å². The van der Waals surface area contributed by atoms with Gasteiger partial charge in [-0.25, -0.2) is 4.79 Å². The van der Waals surface area contributed by atoms with Crippen LogP contribution in [-0.4, -0.2) is 26.7 Å². The van der Waals surface area contributed by atoms with Crippen LogP contribution in [0, 0.1) is 5.41 Å². The quantitative estimate of drug-likeness (QED) is 0.349. The number of amidine groups is 1. The summed E-state index contributed by atoms with van der Waals surface area (Å²) in [5.74, 6) is -0.851. The van der Waals surface area contributed by atoms with Gasteiger partial charge in [0.25, 0.3) is 0 Å². The number of oxime groups is 1. The maximum Gasteiger partial charge on any atom is 0.327 e. The van der Waals surface area contributed by atoms with Crippen LogP contribution < -0.4 is 5.73 Å². The normalized spacial score (nSPS) is 14.3. The number of aromatic nitrogens is 1. The number of hydrogen-bond donors (Lipinski definition) is 3. The van der Waals surface area contributed by atoms with E-state index in [1.807, 2.05) is 26.8 Å². The van der Waals surface area contributed by atoms with Crippen LogP contribution in [0.25, 0.3) is 10.9 Å². The van der Waals surface area contributed by atoms with E-state index in [1.54, 1.807) is 29.0 Å². The molecule has 0 aliphatic rings. The van der Waals surface area contributed by atoms with Crippen molar-refractivity contribution in [1.82, 2.24) is 4.57 Å². The zero-order valence-corrected chi connectivity index (χ0v) is 12.2. The van der Waals surface area contributed by atoms with Gasteiger partial charge in [0.05, 0.1) is 0 Å². The molecule has 0 saturated carbocycles. The molecular formula is C15H19N3O3. The van der Waals surface area contributed by atoms with E-state index in [0.717, 1.165) is 10.9 Å². The standard InChI is InChI=1S/C15H19N3O3/c1-15(2,3)12(14(19)20)18-7-6-9-8-10(13(16)17-21)4-5-11(9)18/h4-8,12,21H,1-3H3,(H2,16,17)(H,19,20). The number of carboxylic acid groups (broad SMARTS) is 1. The Hall–Kier alpha value is -2.50. The zero-order chi connectivity index (χ0) is 15.8. The van der Waals surface area contributed by atoms with Crippen molar-refractivity contribution in [3.63, 3.8) is 0 Å². The predicted octanol–water partition coefficient (Wildman–Crippen LogP) is 2.41. The number of carbonyl (C=O) groups is 1. The minimum Gasteiger partial charge on any atom is -0.480 e. The molecule has 1 atom stereocenters. The Bertz CT molecular complexity index is 711. The van der Waals surface area contributed by atoms with E-state index < -0.39 is 17.4 Å². The number of rotatable bonds is 3. The van der Waals surface area contributed by atoms with E-state index in [-0.39, 0.29) is 5.84 Å². The third kappa shape index (κ3) is 2.69. The molecule has 0 aliphatic heterocycles. The third-order valence-corrected chi connectivity index (χ3v) is 3.46. The molecule has 1 aromatic carbocycles. The first kappa shape index (κ1) is 14.9. The average molecular weight is 289 g/mol. The van der Waals surface area contributed by atoms with Gasteiger partial charge in [0.2, 0.25) is 0 Å². The van der Waals surface area contributed by atoms with Crippen molar-refractivity contribution in [2.45, 2.75) is 26.8 Å². The first-order chi connectivity index (χ1) is 9.75. The summed E-state index contributed by atoms with van der Waals surface area (Å²) in [6.45, 7) is 5.67. The fraction of sp³-hybridized carbons (Fsp3) is 0.333. The van der Waals surface area contributed by atoms with Crippen LogP contribution in [0.3, 0.4) is 0 Å². The SMILES string of the molecule is CC(C)(C)C(C(=O)O)n1ccc2cc(C(N)=NO)ccc21. The van der Waals surface area contributed by atoms with Crippen molar-refractivity contribution in [2.75, 3.05) is 0 Å². The van der Waals surface area contributed by atoms with E-state index in [0.29, 0.717) is 5.56 Å². The molecule has 2 rings (SSSR count). The maximum absolute atomic E-state index is 11.6. The zero-order valence-electron chi connectivity index (χ0n) is 12.2. The first-order valence-electron chi connectivity index (χ1n) is 6.57. The second-order valence-corrected chi connectivity index (χ2v) is 6.09. The molecule has 2 aromatic rings. The highest BCUT2D eigenvalue weighted by molar-refractivity contribution is 6.00. The molecule has 1 heterocycles. The fourth-order valence-corrected chi connectivity index (χ4v) is 2.51. The van der Waals surface area contributed by atoms with E-state index in [9.17, 15) is 9.90 Å². The second kappa shape index (κ2) is 5.12. The Morgan fingerprint density at radius 2 is 2.00 bits per heavy atom. The molecule has 1 unspecified atom stereocenters. The molecule has 0 aliphatic carbocycles. The second-order valence-electron chi connectivity index (χ2n) is 6.09. The third-order valence-electron chi connectivity index (χ3n) is 3.46. The van der Waals surface area contributed by atoms with Crippen LogP contribution in [0.5, 0.6) is 0 Å². The molecule has 0 fully saturated rings. The molecule has 4 N–H and O–H groups in total. The summed E-state index contributed by atoms with van der Waals surface area (Å²) >= 11 is 0. The Kier molecular flexibility index (Phi) is 3.63. The van der Waals surface area contributed by atoms with Crippen LogP contribution in [0.1, 0.15) is 32.4 Å². The predicted molar refractivity (Wildman–Crippen MR) is 80.6 cm³/mol. The molecule has 6 nitrogen and oxygen atoms in total. The summed E-state index contributed by atoms with van der Waals surface area (Å²) in [5.41, 5.74) is 6.53. The number of hydrogen-bond acceptors (Lipinski definition) is 3. The highest BCUT2D eigenvalue weighted by Gasteiger charge is 2.33. The fourth-order valence-electron chi connectivity index (χ4n) is 2.51. The van der Waals surface area contributed by atoms with Crippen molar-refractivity contribution in [3.05, 3.63) is 36.0 Å². The molecule has 0 bridgehead atoms. The van der Waals surface area contributed by atoms with E-state index in [2.05, 4.69) is 5.16 Å². The van der Waals surface area contributed by atoms with Gasteiger partial charge < -0.3 is 20.6 Å². The van der Waals surface area contributed by atoms with Gasteiger partial charge in [0.1, 0.15) is 6.04 Å². The van der Waals surface area contributed by atoms with Gasteiger partial charge in [-0.1, -0.05) is 25.9 Å². The van der Waals surface area contributed by atoms with Crippen molar-refractivity contribution in [1.29, 1.82) is 0 Å². The average Bonchev–Trinajstić information content (AvgIpc) is 2.78. The number of benzene rings is 1. The Morgan fingerprint density at radius 3 is 2.52 bits per heavy atom. The van der Waals surface area contributed by atoms with Crippen molar-refractivity contribution in [3.8, 4) is 0 Å². The van der Waals surface area contributed by atoms with Gasteiger partial charge in [0.15, 0.2) is 5.84 Å². The minimum absolute atomic E-state index is 0.0234. The topological polar surface area (TPSA) is 101 Å². The van der Waals surface area contributed by atoms with Gasteiger partial charge >= 0.3 is 5.97 Å². The number of fused-ring (bicyclic) bond motifs is 1. The van der Waals surface area contributed by atoms with Crippen molar-refractivity contribution < 1.29 is 15.1 Å². The van der Waals surface area contributed by atoms with Crippen LogP contribution >= 0.6 is 0 Å². The largest absolute Gasteiger partial charge is 0.480 e. The lowest BCUT2D eigenvalue weighted by molar-refractivity contribution is -0.144. The van der Waals surface area contributed by atoms with Gasteiger partial charge in [-0.3, -0.25) is 0 Å². The maximum atomic E-state index is 11.6.